The summed E-state index contributed by atoms with van der Waals surface area (Å²) < 4.78 is 54.8. The van der Waals surface area contributed by atoms with Crippen molar-refractivity contribution >= 4 is 11.6 Å². The number of piperidine rings is 1. The van der Waals surface area contributed by atoms with Gasteiger partial charge < -0.3 is 5.32 Å². The molecule has 2 atom stereocenters. The van der Waals surface area contributed by atoms with Crippen LogP contribution in [0.4, 0.5) is 23.2 Å². The molecule has 1 saturated carbocycles. The second-order valence-corrected chi connectivity index (χ2v) is 8.61. The molecule has 1 aromatic rings. The predicted molar refractivity (Wildman–Crippen MR) is 105 cm³/mol. The Morgan fingerprint density at radius 1 is 1.17 bits per heavy atom. The van der Waals surface area contributed by atoms with E-state index in [0.717, 1.165) is 51.0 Å². The summed E-state index contributed by atoms with van der Waals surface area (Å²) in [4.78, 5) is 14.5. The van der Waals surface area contributed by atoms with Gasteiger partial charge in [0.15, 0.2) is 0 Å². The summed E-state index contributed by atoms with van der Waals surface area (Å²) in [5.41, 5.74) is 0.865. The van der Waals surface area contributed by atoms with Crippen molar-refractivity contribution in [2.45, 2.75) is 64.6 Å². The van der Waals surface area contributed by atoms with Crippen molar-refractivity contribution in [2.24, 2.45) is 17.8 Å². The number of benzene rings is 1. The molecule has 1 aliphatic carbocycles. The highest BCUT2D eigenvalue weighted by Gasteiger charge is 2.47. The van der Waals surface area contributed by atoms with E-state index in [4.69, 9.17) is 0 Å². The number of hydrogen-bond donors (Lipinski definition) is 1. The van der Waals surface area contributed by atoms with Crippen LogP contribution in [-0.4, -0.2) is 36.1 Å². The zero-order valence-corrected chi connectivity index (χ0v) is 17.1. The lowest BCUT2D eigenvalue weighted by molar-refractivity contribution is -0.189. The van der Waals surface area contributed by atoms with Gasteiger partial charge in [0.25, 0.3) is 0 Å². The number of rotatable bonds is 7. The van der Waals surface area contributed by atoms with Crippen LogP contribution in [0.5, 0.6) is 0 Å². The summed E-state index contributed by atoms with van der Waals surface area (Å²) in [5.74, 6) is -2.18. The third-order valence-electron chi connectivity index (χ3n) is 6.39. The van der Waals surface area contributed by atoms with E-state index < -0.39 is 29.9 Å². The van der Waals surface area contributed by atoms with Crippen LogP contribution in [0.2, 0.25) is 0 Å². The van der Waals surface area contributed by atoms with Gasteiger partial charge in [-0.15, -0.1) is 0 Å². The van der Waals surface area contributed by atoms with Gasteiger partial charge in [0.1, 0.15) is 11.9 Å². The van der Waals surface area contributed by atoms with Crippen molar-refractivity contribution < 1.29 is 22.4 Å². The maximum absolute atomic E-state index is 14.3. The van der Waals surface area contributed by atoms with E-state index in [9.17, 15) is 22.4 Å². The summed E-state index contributed by atoms with van der Waals surface area (Å²) in [5, 5.41) is 2.46. The molecule has 1 amide bonds. The maximum Gasteiger partial charge on any atom is 0.393 e. The predicted octanol–water partition coefficient (Wildman–Crippen LogP) is 5.41. The number of anilines is 1. The number of halogens is 4. The van der Waals surface area contributed by atoms with Crippen LogP contribution in [0.1, 0.15) is 51.5 Å². The van der Waals surface area contributed by atoms with E-state index in [1.165, 1.54) is 6.07 Å². The van der Waals surface area contributed by atoms with E-state index in [2.05, 4.69) is 12.2 Å². The van der Waals surface area contributed by atoms with E-state index in [1.54, 1.807) is 17.0 Å². The van der Waals surface area contributed by atoms with Crippen molar-refractivity contribution in [1.82, 2.24) is 4.90 Å². The van der Waals surface area contributed by atoms with Gasteiger partial charge in [-0.25, -0.2) is 4.39 Å². The topological polar surface area (TPSA) is 32.3 Å². The molecule has 162 valence electrons. The number of amides is 1. The molecular weight excluding hydrogens is 384 g/mol. The van der Waals surface area contributed by atoms with Crippen LogP contribution < -0.4 is 5.32 Å². The van der Waals surface area contributed by atoms with Gasteiger partial charge in [-0.3, -0.25) is 9.69 Å². The van der Waals surface area contributed by atoms with Crippen LogP contribution in [0, 0.1) is 23.6 Å². The van der Waals surface area contributed by atoms with Gasteiger partial charge in [0.2, 0.25) is 5.91 Å². The molecule has 1 aliphatic heterocycles. The maximum atomic E-state index is 14.3. The fourth-order valence-corrected chi connectivity index (χ4v) is 4.18. The first kappa shape index (κ1) is 22.1. The first-order chi connectivity index (χ1) is 13.7. The number of carbonyl (C=O) groups excluding carboxylic acids is 1. The zero-order valence-electron chi connectivity index (χ0n) is 17.1. The molecule has 2 aliphatic rings. The average molecular weight is 414 g/mol. The van der Waals surface area contributed by atoms with Crippen molar-refractivity contribution in [3.8, 4) is 0 Å². The minimum atomic E-state index is -4.50. The van der Waals surface area contributed by atoms with Crippen LogP contribution >= 0.6 is 0 Å². The quantitative estimate of drug-likeness (QED) is 0.606. The summed E-state index contributed by atoms with van der Waals surface area (Å²) in [6.45, 7) is 4.00. The number of nitrogens with zero attached hydrogens (tertiary/aromatic N) is 1. The van der Waals surface area contributed by atoms with E-state index in [1.807, 2.05) is 0 Å². The second kappa shape index (κ2) is 9.02. The summed E-state index contributed by atoms with van der Waals surface area (Å²) in [7, 11) is 0. The number of carbonyl (C=O) groups is 1. The third-order valence-corrected chi connectivity index (χ3v) is 6.39. The highest BCUT2D eigenvalue weighted by molar-refractivity contribution is 5.95. The largest absolute Gasteiger partial charge is 0.393 e. The first-order valence-corrected chi connectivity index (χ1v) is 10.6. The van der Waals surface area contributed by atoms with Gasteiger partial charge >= 0.3 is 6.18 Å². The number of nitrogens with one attached hydrogen (secondary N) is 1. The summed E-state index contributed by atoms with van der Waals surface area (Å²) >= 11 is 0. The Balaban J connectivity index is 1.77. The van der Waals surface area contributed by atoms with Crippen molar-refractivity contribution in [3.63, 3.8) is 0 Å². The zero-order chi connectivity index (χ0) is 21.2. The molecular formula is C22H30F4N2O. The van der Waals surface area contributed by atoms with E-state index in [0.29, 0.717) is 24.9 Å². The Morgan fingerprint density at radius 3 is 2.38 bits per heavy atom. The smallest absolute Gasteiger partial charge is 0.322 e. The van der Waals surface area contributed by atoms with Crippen LogP contribution in [-0.2, 0) is 11.2 Å². The monoisotopic (exact) mass is 414 g/mol. The van der Waals surface area contributed by atoms with Gasteiger partial charge in [-0.1, -0.05) is 26.3 Å². The summed E-state index contributed by atoms with van der Waals surface area (Å²) in [6.07, 6.45) is 1.10. The number of hydrogen-bond acceptors (Lipinski definition) is 2. The molecule has 1 heterocycles. The minimum absolute atomic E-state index is 0.0315. The standard InChI is InChI=1S/C22H30F4N2O/c1-3-15-8-10-28(11-9-15)20(14(2)22(24,25)26)21(29)27-19-13-17(6-7-18(19)23)12-16-4-5-16/h6-7,13-16,20H,3-5,8-12H2,1-2H3,(H,27,29)/t14-,20-/m0/s1. The second-order valence-electron chi connectivity index (χ2n) is 8.61. The van der Waals surface area contributed by atoms with Crippen molar-refractivity contribution in [3.05, 3.63) is 29.6 Å². The average Bonchev–Trinajstić information content (AvgIpc) is 3.48. The molecule has 0 bridgehead atoms. The lowest BCUT2D eigenvalue weighted by Crippen LogP contribution is -2.54. The molecule has 7 heteroatoms. The van der Waals surface area contributed by atoms with Crippen LogP contribution in [0.25, 0.3) is 0 Å². The molecule has 0 radical (unpaired) electrons. The number of likely N-dealkylation sites (tertiary alicyclic amines) is 1. The Bertz CT molecular complexity index is 709. The highest BCUT2D eigenvalue weighted by Crippen LogP contribution is 2.35. The molecule has 2 fully saturated rings. The first-order valence-electron chi connectivity index (χ1n) is 10.6. The fraction of sp³-hybridized carbons (Fsp3) is 0.682. The van der Waals surface area contributed by atoms with Crippen LogP contribution in [0.15, 0.2) is 18.2 Å². The molecule has 1 saturated heterocycles. The molecule has 0 aromatic heterocycles. The Hall–Kier alpha value is -1.63. The minimum Gasteiger partial charge on any atom is -0.322 e. The third kappa shape index (κ3) is 5.71. The van der Waals surface area contributed by atoms with Gasteiger partial charge in [-0.05, 0) is 74.7 Å². The Kier molecular flexibility index (Phi) is 6.87. The SMILES string of the molecule is CCC1CCN([C@H](C(=O)Nc2cc(CC3CC3)ccc2F)[C@H](C)C(F)(F)F)CC1. The Morgan fingerprint density at radius 2 is 1.83 bits per heavy atom. The molecule has 0 unspecified atom stereocenters. The lowest BCUT2D eigenvalue weighted by Gasteiger charge is -2.39. The van der Waals surface area contributed by atoms with Crippen molar-refractivity contribution in [1.29, 1.82) is 0 Å². The highest BCUT2D eigenvalue weighted by atomic mass is 19.4. The molecule has 1 N–H and O–H groups in total. The molecule has 3 rings (SSSR count). The number of alkyl halides is 3. The molecule has 29 heavy (non-hydrogen) atoms. The van der Waals surface area contributed by atoms with Crippen molar-refractivity contribution in [2.75, 3.05) is 18.4 Å². The molecule has 0 spiro atoms. The van der Waals surface area contributed by atoms with Gasteiger partial charge in [0.05, 0.1) is 11.6 Å². The fourth-order valence-electron chi connectivity index (χ4n) is 4.18. The van der Waals surface area contributed by atoms with Gasteiger partial charge in [0, 0.05) is 0 Å². The van der Waals surface area contributed by atoms with E-state index in [-0.39, 0.29) is 5.69 Å². The lowest BCUT2D eigenvalue weighted by atomic mass is 9.90. The Labute approximate surface area is 169 Å². The molecule has 1 aromatic carbocycles. The van der Waals surface area contributed by atoms with Gasteiger partial charge in [-0.2, -0.15) is 13.2 Å². The van der Waals surface area contributed by atoms with E-state index >= 15 is 0 Å². The normalized spacial score (nSPS) is 21.0. The molecule has 3 nitrogen and oxygen atoms in total. The van der Waals surface area contributed by atoms with Crippen LogP contribution in [0.3, 0.4) is 0 Å². The summed E-state index contributed by atoms with van der Waals surface area (Å²) in [6, 6.07) is 3.15.